The number of amides is 1. The minimum Gasteiger partial charge on any atom is -0.444 e. The average Bonchev–Trinajstić information content (AvgIpc) is 3.42. The van der Waals surface area contributed by atoms with Crippen LogP contribution in [0.4, 0.5) is 18.0 Å². The number of halogens is 3. The molecule has 1 aliphatic carbocycles. The van der Waals surface area contributed by atoms with Gasteiger partial charge in [0, 0.05) is 48.3 Å². The van der Waals surface area contributed by atoms with Crippen molar-refractivity contribution in [3.05, 3.63) is 71.3 Å². The maximum atomic E-state index is 14.8. The molecule has 8 nitrogen and oxygen atoms in total. The highest BCUT2D eigenvalue weighted by atomic mass is 19.2. The van der Waals surface area contributed by atoms with Crippen LogP contribution >= 0.6 is 0 Å². The van der Waals surface area contributed by atoms with E-state index in [4.69, 9.17) is 9.26 Å². The number of carbonyl (C=O) groups excluding carboxylic acids is 1. The molecule has 0 saturated carbocycles. The molecule has 5 rings (SSSR count). The van der Waals surface area contributed by atoms with Crippen LogP contribution in [0.1, 0.15) is 43.6 Å². The highest BCUT2D eigenvalue weighted by Gasteiger charge is 2.36. The van der Waals surface area contributed by atoms with Crippen molar-refractivity contribution in [2.45, 2.75) is 51.2 Å². The van der Waals surface area contributed by atoms with E-state index in [1.165, 1.54) is 6.39 Å². The quantitative estimate of drug-likeness (QED) is 0.427. The van der Waals surface area contributed by atoms with Crippen LogP contribution in [-0.4, -0.2) is 37.3 Å². The number of pyridine rings is 1. The topological polar surface area (TPSA) is 94.5 Å². The molecule has 1 N–H and O–H groups in total. The summed E-state index contributed by atoms with van der Waals surface area (Å²) < 4.78 is 54.5. The lowest BCUT2D eigenvalue weighted by molar-refractivity contribution is 0.0493. The molecule has 1 aliphatic rings. The van der Waals surface area contributed by atoms with Crippen LogP contribution in [-0.2, 0) is 17.6 Å². The molecule has 0 spiro atoms. The molecular formula is C24H22F3N5O3. The third-order valence-electron chi connectivity index (χ3n) is 5.88. The summed E-state index contributed by atoms with van der Waals surface area (Å²) in [5.41, 5.74) is 1.97. The number of benzene rings is 1. The second kappa shape index (κ2) is 8.40. The first-order chi connectivity index (χ1) is 16.6. The summed E-state index contributed by atoms with van der Waals surface area (Å²) in [6.45, 7) is 5.18. The molecule has 0 aliphatic heterocycles. The molecule has 4 aromatic rings. The van der Waals surface area contributed by atoms with Crippen LogP contribution in [0.5, 0.6) is 0 Å². The number of carbonyl (C=O) groups is 1. The summed E-state index contributed by atoms with van der Waals surface area (Å²) in [4.78, 5) is 21.3. The van der Waals surface area contributed by atoms with Gasteiger partial charge in [-0.25, -0.2) is 22.9 Å². The van der Waals surface area contributed by atoms with E-state index in [1.54, 1.807) is 39.1 Å². The number of fused-ring (bicyclic) bond motifs is 3. The van der Waals surface area contributed by atoms with Gasteiger partial charge in [-0.05, 0) is 44.5 Å². The van der Waals surface area contributed by atoms with Crippen LogP contribution in [0.25, 0.3) is 17.0 Å². The number of aromatic nitrogens is 4. The van der Waals surface area contributed by atoms with Crippen LogP contribution in [0.2, 0.25) is 0 Å². The van der Waals surface area contributed by atoms with E-state index < -0.39 is 41.1 Å². The van der Waals surface area contributed by atoms with Crippen molar-refractivity contribution >= 4 is 11.7 Å². The Hall–Kier alpha value is -3.89. The van der Waals surface area contributed by atoms with Crippen molar-refractivity contribution in [1.29, 1.82) is 0 Å². The van der Waals surface area contributed by atoms with Crippen LogP contribution in [0.3, 0.4) is 0 Å². The van der Waals surface area contributed by atoms with E-state index in [0.29, 0.717) is 28.8 Å². The number of ether oxygens (including phenoxy) is 1. The Bertz CT molecular complexity index is 1410. The van der Waals surface area contributed by atoms with Gasteiger partial charge in [0.05, 0.1) is 5.69 Å². The Morgan fingerprint density at radius 1 is 1.14 bits per heavy atom. The molecule has 0 bridgehead atoms. The SMILES string of the molecule is CC(C)(C)OC(=O)N[C@H]1Cc2c(nc3cc(-c4ncon4)ccn23)C[C@@H]1c1cc(F)c(F)cc1F. The molecule has 2 atom stereocenters. The largest absolute Gasteiger partial charge is 0.444 e. The third-order valence-corrected chi connectivity index (χ3v) is 5.88. The van der Waals surface area contributed by atoms with Gasteiger partial charge in [0.2, 0.25) is 12.2 Å². The van der Waals surface area contributed by atoms with Crippen molar-refractivity contribution in [3.8, 4) is 11.4 Å². The van der Waals surface area contributed by atoms with Crippen molar-refractivity contribution in [3.63, 3.8) is 0 Å². The third kappa shape index (κ3) is 4.45. The van der Waals surface area contributed by atoms with E-state index >= 15 is 0 Å². The fourth-order valence-electron chi connectivity index (χ4n) is 4.42. The lowest BCUT2D eigenvalue weighted by Crippen LogP contribution is -2.46. The smallest absolute Gasteiger partial charge is 0.407 e. The molecule has 3 heterocycles. The number of nitrogens with zero attached hydrogens (tertiary/aromatic N) is 4. The Balaban J connectivity index is 1.55. The van der Waals surface area contributed by atoms with Gasteiger partial charge in [-0.2, -0.15) is 4.98 Å². The summed E-state index contributed by atoms with van der Waals surface area (Å²) in [5, 5.41) is 6.63. The Kier molecular flexibility index (Phi) is 5.49. The van der Waals surface area contributed by atoms with Gasteiger partial charge >= 0.3 is 6.09 Å². The Morgan fingerprint density at radius 3 is 2.63 bits per heavy atom. The monoisotopic (exact) mass is 485 g/mol. The standard InChI is InChI=1S/C24H22F3N5O3/c1-24(2,3)35-23(33)30-18-10-20-19(8-14(18)13-7-16(26)17(27)9-15(13)25)29-21-6-12(4-5-32(20)21)22-28-11-34-31-22/h4-7,9,11,14,18H,8,10H2,1-3H3,(H,30,33)/t14-,18+/m1/s1. The fourth-order valence-corrected chi connectivity index (χ4v) is 4.42. The zero-order valence-corrected chi connectivity index (χ0v) is 19.2. The highest BCUT2D eigenvalue weighted by molar-refractivity contribution is 5.68. The minimum atomic E-state index is -1.28. The highest BCUT2D eigenvalue weighted by Crippen LogP contribution is 2.36. The zero-order valence-electron chi connectivity index (χ0n) is 19.2. The maximum absolute atomic E-state index is 14.8. The summed E-state index contributed by atoms with van der Waals surface area (Å²) in [6.07, 6.45) is 2.80. The van der Waals surface area contributed by atoms with Gasteiger partial charge in [0.15, 0.2) is 11.6 Å². The van der Waals surface area contributed by atoms with Gasteiger partial charge in [-0.15, -0.1) is 0 Å². The zero-order chi connectivity index (χ0) is 24.9. The molecule has 182 valence electrons. The molecule has 0 saturated heterocycles. The number of nitrogens with one attached hydrogen (secondary N) is 1. The number of alkyl carbamates (subject to hydrolysis) is 1. The molecule has 1 aromatic carbocycles. The van der Waals surface area contributed by atoms with Crippen molar-refractivity contribution in [2.75, 3.05) is 0 Å². The maximum Gasteiger partial charge on any atom is 0.407 e. The van der Waals surface area contributed by atoms with E-state index in [9.17, 15) is 18.0 Å². The van der Waals surface area contributed by atoms with Crippen LogP contribution in [0.15, 0.2) is 41.4 Å². The number of hydrogen-bond acceptors (Lipinski definition) is 6. The van der Waals surface area contributed by atoms with Crippen molar-refractivity contribution in [1.82, 2.24) is 24.8 Å². The van der Waals surface area contributed by atoms with Gasteiger partial charge in [-0.3, -0.25) is 0 Å². The fraction of sp³-hybridized carbons (Fsp3) is 0.333. The molecule has 11 heteroatoms. The van der Waals surface area contributed by atoms with E-state index in [1.807, 2.05) is 4.40 Å². The summed E-state index contributed by atoms with van der Waals surface area (Å²) in [7, 11) is 0. The minimum absolute atomic E-state index is 0.0415. The molecule has 35 heavy (non-hydrogen) atoms. The predicted octanol–water partition coefficient (Wildman–Crippen LogP) is 4.58. The molecular weight excluding hydrogens is 463 g/mol. The van der Waals surface area contributed by atoms with Gasteiger partial charge in [0.1, 0.15) is 17.1 Å². The lowest BCUT2D eigenvalue weighted by atomic mass is 9.80. The number of hydrogen-bond donors (Lipinski definition) is 1. The first-order valence-corrected chi connectivity index (χ1v) is 11.0. The molecule has 1 amide bonds. The van der Waals surface area contributed by atoms with E-state index in [2.05, 4.69) is 20.4 Å². The van der Waals surface area contributed by atoms with Crippen LogP contribution < -0.4 is 5.32 Å². The van der Waals surface area contributed by atoms with Crippen molar-refractivity contribution in [2.24, 2.45) is 0 Å². The molecule has 0 fully saturated rings. The van der Waals surface area contributed by atoms with Gasteiger partial charge in [-0.1, -0.05) is 5.16 Å². The molecule has 0 radical (unpaired) electrons. The Morgan fingerprint density at radius 2 is 1.91 bits per heavy atom. The first-order valence-electron chi connectivity index (χ1n) is 11.0. The number of imidazole rings is 1. The van der Waals surface area contributed by atoms with E-state index in [0.717, 1.165) is 11.8 Å². The normalized spacial score (nSPS) is 17.9. The summed E-state index contributed by atoms with van der Waals surface area (Å²) in [6, 6.07) is 4.29. The molecule has 0 unspecified atom stereocenters. The van der Waals surface area contributed by atoms with Gasteiger partial charge in [0.25, 0.3) is 0 Å². The Labute approximate surface area is 198 Å². The second-order valence-electron chi connectivity index (χ2n) is 9.46. The molecule has 3 aromatic heterocycles. The average molecular weight is 485 g/mol. The summed E-state index contributed by atoms with van der Waals surface area (Å²) >= 11 is 0. The predicted molar refractivity (Wildman–Crippen MR) is 118 cm³/mol. The summed E-state index contributed by atoms with van der Waals surface area (Å²) in [5.74, 6) is -3.63. The van der Waals surface area contributed by atoms with E-state index in [-0.39, 0.29) is 18.4 Å². The lowest BCUT2D eigenvalue weighted by Gasteiger charge is -2.33. The van der Waals surface area contributed by atoms with Gasteiger partial charge < -0.3 is 19.0 Å². The second-order valence-corrected chi connectivity index (χ2v) is 9.46. The van der Waals surface area contributed by atoms with Crippen molar-refractivity contribution < 1.29 is 27.2 Å². The number of rotatable bonds is 3. The van der Waals surface area contributed by atoms with Crippen LogP contribution in [0, 0.1) is 17.5 Å². The first kappa shape index (κ1) is 22.9.